The van der Waals surface area contributed by atoms with Crippen LogP contribution in [0.25, 0.3) is 0 Å². The standard InChI is InChI=1S/C11H21NO/c1-10(6-9-13-2)11-4-3-7-12-8-5-11/h12H,3-9H2,1-2H3/b11-10+. The van der Waals surface area contributed by atoms with Gasteiger partial charge in [-0.3, -0.25) is 0 Å². The highest BCUT2D eigenvalue weighted by atomic mass is 16.5. The van der Waals surface area contributed by atoms with E-state index < -0.39 is 0 Å². The molecule has 2 nitrogen and oxygen atoms in total. The first-order valence-electron chi connectivity index (χ1n) is 5.21. The third kappa shape index (κ3) is 3.92. The molecule has 1 heterocycles. The number of rotatable bonds is 3. The zero-order chi connectivity index (χ0) is 9.52. The Kier molecular flexibility index (Phi) is 5.09. The van der Waals surface area contributed by atoms with E-state index in [1.807, 2.05) is 0 Å². The molecular weight excluding hydrogens is 162 g/mol. The molecule has 1 aliphatic heterocycles. The summed E-state index contributed by atoms with van der Waals surface area (Å²) in [7, 11) is 1.77. The fourth-order valence-corrected chi connectivity index (χ4v) is 1.77. The van der Waals surface area contributed by atoms with Gasteiger partial charge in [0.25, 0.3) is 0 Å². The molecule has 0 bridgehead atoms. The van der Waals surface area contributed by atoms with Gasteiger partial charge < -0.3 is 10.1 Å². The first kappa shape index (κ1) is 10.7. The normalized spacial score (nSPS) is 22.6. The van der Waals surface area contributed by atoms with E-state index in [1.54, 1.807) is 18.3 Å². The summed E-state index contributed by atoms with van der Waals surface area (Å²) in [5, 5.41) is 3.42. The molecule has 0 radical (unpaired) electrons. The molecule has 1 aliphatic rings. The van der Waals surface area contributed by atoms with Crippen LogP contribution in [0.1, 0.15) is 32.6 Å². The number of hydrogen-bond donors (Lipinski definition) is 1. The second-order valence-electron chi connectivity index (χ2n) is 3.73. The fourth-order valence-electron chi connectivity index (χ4n) is 1.77. The van der Waals surface area contributed by atoms with Crippen LogP contribution >= 0.6 is 0 Å². The largest absolute Gasteiger partial charge is 0.384 e. The number of hydrogen-bond acceptors (Lipinski definition) is 2. The van der Waals surface area contributed by atoms with Crippen LogP contribution in [0, 0.1) is 0 Å². The lowest BCUT2D eigenvalue weighted by atomic mass is 10.0. The average molecular weight is 183 g/mol. The minimum atomic E-state index is 0.864. The minimum absolute atomic E-state index is 0.864. The maximum Gasteiger partial charge on any atom is 0.0499 e. The van der Waals surface area contributed by atoms with Crippen LogP contribution in [0.3, 0.4) is 0 Å². The maximum atomic E-state index is 5.08. The molecule has 0 aliphatic carbocycles. The summed E-state index contributed by atoms with van der Waals surface area (Å²) in [5.41, 5.74) is 3.20. The van der Waals surface area contributed by atoms with Crippen molar-refractivity contribution in [1.29, 1.82) is 0 Å². The van der Waals surface area contributed by atoms with Gasteiger partial charge in [0.15, 0.2) is 0 Å². The third-order valence-corrected chi connectivity index (χ3v) is 2.72. The van der Waals surface area contributed by atoms with Gasteiger partial charge in [-0.05, 0) is 45.7 Å². The lowest BCUT2D eigenvalue weighted by Crippen LogP contribution is -2.13. The van der Waals surface area contributed by atoms with Crippen LogP contribution in [0.4, 0.5) is 0 Å². The summed E-state index contributed by atoms with van der Waals surface area (Å²) in [6.45, 7) is 5.45. The summed E-state index contributed by atoms with van der Waals surface area (Å²) in [5.74, 6) is 0. The van der Waals surface area contributed by atoms with Gasteiger partial charge >= 0.3 is 0 Å². The van der Waals surface area contributed by atoms with E-state index in [9.17, 15) is 0 Å². The molecule has 1 N–H and O–H groups in total. The molecule has 13 heavy (non-hydrogen) atoms. The number of nitrogens with one attached hydrogen (secondary N) is 1. The third-order valence-electron chi connectivity index (χ3n) is 2.72. The van der Waals surface area contributed by atoms with Crippen LogP contribution < -0.4 is 5.32 Å². The Balaban J connectivity index is 2.43. The molecule has 0 spiro atoms. The molecule has 0 aromatic heterocycles. The van der Waals surface area contributed by atoms with Crippen LogP contribution in [-0.4, -0.2) is 26.8 Å². The Hall–Kier alpha value is -0.340. The molecule has 1 saturated heterocycles. The number of ether oxygens (including phenoxy) is 1. The van der Waals surface area contributed by atoms with E-state index in [-0.39, 0.29) is 0 Å². The molecule has 2 heteroatoms. The van der Waals surface area contributed by atoms with Crippen LogP contribution in [-0.2, 0) is 4.74 Å². The topological polar surface area (TPSA) is 21.3 Å². The predicted molar refractivity (Wildman–Crippen MR) is 55.9 cm³/mol. The van der Waals surface area contributed by atoms with Crippen molar-refractivity contribution in [2.45, 2.75) is 32.6 Å². The van der Waals surface area contributed by atoms with Crippen molar-refractivity contribution in [3.8, 4) is 0 Å². The van der Waals surface area contributed by atoms with E-state index in [1.165, 1.54) is 25.8 Å². The van der Waals surface area contributed by atoms with E-state index in [2.05, 4.69) is 12.2 Å². The van der Waals surface area contributed by atoms with Gasteiger partial charge in [0.05, 0.1) is 0 Å². The maximum absolute atomic E-state index is 5.08. The van der Waals surface area contributed by atoms with Gasteiger partial charge in [0, 0.05) is 13.7 Å². The van der Waals surface area contributed by atoms with Crippen molar-refractivity contribution in [3.05, 3.63) is 11.1 Å². The summed E-state index contributed by atoms with van der Waals surface area (Å²) in [4.78, 5) is 0. The summed E-state index contributed by atoms with van der Waals surface area (Å²) in [6, 6.07) is 0. The van der Waals surface area contributed by atoms with Gasteiger partial charge in [-0.2, -0.15) is 0 Å². The Morgan fingerprint density at radius 3 is 3.00 bits per heavy atom. The van der Waals surface area contributed by atoms with Gasteiger partial charge in [-0.15, -0.1) is 0 Å². The lowest BCUT2D eigenvalue weighted by molar-refractivity contribution is 0.202. The van der Waals surface area contributed by atoms with Crippen molar-refractivity contribution in [2.75, 3.05) is 26.8 Å². The van der Waals surface area contributed by atoms with Crippen LogP contribution in [0.15, 0.2) is 11.1 Å². The SMILES string of the molecule is COCC/C(C)=C1\CCCNCC1. The van der Waals surface area contributed by atoms with E-state index in [4.69, 9.17) is 4.74 Å². The molecule has 0 atom stereocenters. The second kappa shape index (κ2) is 6.17. The van der Waals surface area contributed by atoms with Gasteiger partial charge in [0.1, 0.15) is 0 Å². The van der Waals surface area contributed by atoms with E-state index in [0.717, 1.165) is 19.6 Å². The Labute approximate surface area is 81.4 Å². The van der Waals surface area contributed by atoms with Crippen molar-refractivity contribution < 1.29 is 4.74 Å². The zero-order valence-corrected chi connectivity index (χ0v) is 8.86. The first-order chi connectivity index (χ1) is 6.34. The Bertz CT molecular complexity index is 165. The Morgan fingerprint density at radius 1 is 1.38 bits per heavy atom. The van der Waals surface area contributed by atoms with E-state index in [0.29, 0.717) is 0 Å². The molecule has 0 unspecified atom stereocenters. The fraction of sp³-hybridized carbons (Fsp3) is 0.818. The van der Waals surface area contributed by atoms with Gasteiger partial charge in [-0.25, -0.2) is 0 Å². The van der Waals surface area contributed by atoms with E-state index >= 15 is 0 Å². The highest BCUT2D eigenvalue weighted by Crippen LogP contribution is 2.18. The molecule has 0 amide bonds. The lowest BCUT2D eigenvalue weighted by Gasteiger charge is -2.08. The molecule has 0 aromatic rings. The molecule has 0 saturated carbocycles. The summed E-state index contributed by atoms with van der Waals surface area (Å²) < 4.78 is 5.08. The van der Waals surface area contributed by atoms with Crippen molar-refractivity contribution >= 4 is 0 Å². The van der Waals surface area contributed by atoms with Crippen molar-refractivity contribution in [1.82, 2.24) is 5.32 Å². The van der Waals surface area contributed by atoms with Crippen molar-refractivity contribution in [2.24, 2.45) is 0 Å². The van der Waals surface area contributed by atoms with Gasteiger partial charge in [0.2, 0.25) is 0 Å². The molecule has 76 valence electrons. The van der Waals surface area contributed by atoms with Crippen molar-refractivity contribution in [3.63, 3.8) is 0 Å². The summed E-state index contributed by atoms with van der Waals surface area (Å²) in [6.07, 6.45) is 4.91. The highest BCUT2D eigenvalue weighted by Gasteiger charge is 2.06. The molecular formula is C11H21NO. The van der Waals surface area contributed by atoms with Crippen LogP contribution in [0.2, 0.25) is 0 Å². The zero-order valence-electron chi connectivity index (χ0n) is 8.86. The Morgan fingerprint density at radius 2 is 2.23 bits per heavy atom. The number of methoxy groups -OCH3 is 1. The van der Waals surface area contributed by atoms with Crippen LogP contribution in [0.5, 0.6) is 0 Å². The molecule has 1 rings (SSSR count). The minimum Gasteiger partial charge on any atom is -0.384 e. The molecule has 0 aromatic carbocycles. The second-order valence-corrected chi connectivity index (χ2v) is 3.73. The predicted octanol–water partition coefficient (Wildman–Crippen LogP) is 2.11. The molecule has 1 fully saturated rings. The monoisotopic (exact) mass is 183 g/mol. The highest BCUT2D eigenvalue weighted by molar-refractivity contribution is 5.13. The average Bonchev–Trinajstić information content (AvgIpc) is 2.42. The van der Waals surface area contributed by atoms with Gasteiger partial charge in [-0.1, -0.05) is 11.1 Å². The summed E-state index contributed by atoms with van der Waals surface area (Å²) >= 11 is 0. The smallest absolute Gasteiger partial charge is 0.0499 e. The first-order valence-corrected chi connectivity index (χ1v) is 5.21. The quantitative estimate of drug-likeness (QED) is 0.677.